The highest BCUT2D eigenvalue weighted by molar-refractivity contribution is 7.94. The molecule has 9 heteroatoms. The van der Waals surface area contributed by atoms with E-state index in [0.29, 0.717) is 6.54 Å². The molecule has 0 spiro atoms. The summed E-state index contributed by atoms with van der Waals surface area (Å²) in [6, 6.07) is 8.54. The molecule has 0 atom stereocenters. The van der Waals surface area contributed by atoms with E-state index in [9.17, 15) is 17.6 Å². The molecule has 0 saturated heterocycles. The Morgan fingerprint density at radius 3 is 2.54 bits per heavy atom. The van der Waals surface area contributed by atoms with E-state index < -0.39 is 28.3 Å². The van der Waals surface area contributed by atoms with Crippen molar-refractivity contribution in [2.24, 2.45) is 0 Å². The molecule has 142 valence electrons. The van der Waals surface area contributed by atoms with E-state index in [-0.39, 0.29) is 9.90 Å². The maximum Gasteiger partial charge on any atom is 0.274 e. The van der Waals surface area contributed by atoms with E-state index in [2.05, 4.69) is 5.32 Å². The van der Waals surface area contributed by atoms with Gasteiger partial charge in [-0.25, -0.2) is 12.8 Å². The van der Waals surface area contributed by atoms with Crippen LogP contribution < -0.4 is 9.62 Å². The Balaban J connectivity index is 2.20. The number of para-hydroxylation sites is 1. The van der Waals surface area contributed by atoms with Crippen molar-refractivity contribution in [2.75, 3.05) is 38.0 Å². The molecule has 0 aliphatic heterocycles. The van der Waals surface area contributed by atoms with Crippen LogP contribution >= 0.6 is 11.3 Å². The van der Waals surface area contributed by atoms with Gasteiger partial charge in [-0.15, -0.1) is 11.3 Å². The van der Waals surface area contributed by atoms with E-state index in [1.54, 1.807) is 11.4 Å². The number of rotatable bonds is 9. The van der Waals surface area contributed by atoms with E-state index >= 15 is 0 Å². The zero-order valence-electron chi connectivity index (χ0n) is 14.7. The second-order valence-corrected chi connectivity index (χ2v) is 8.94. The van der Waals surface area contributed by atoms with Crippen molar-refractivity contribution < 1.29 is 17.6 Å². The zero-order chi connectivity index (χ0) is 19.2. The third kappa shape index (κ3) is 5.26. The van der Waals surface area contributed by atoms with Gasteiger partial charge in [0.15, 0.2) is 0 Å². The van der Waals surface area contributed by atoms with Gasteiger partial charge in [-0.05, 0) is 50.6 Å². The number of nitrogens with one attached hydrogen (secondary N) is 1. The van der Waals surface area contributed by atoms with Crippen LogP contribution in [-0.2, 0) is 14.8 Å². The average molecular weight is 400 g/mol. The summed E-state index contributed by atoms with van der Waals surface area (Å²) in [5, 5.41) is 4.30. The lowest BCUT2D eigenvalue weighted by molar-refractivity contribution is -0.119. The van der Waals surface area contributed by atoms with Gasteiger partial charge < -0.3 is 10.2 Å². The lowest BCUT2D eigenvalue weighted by Crippen LogP contribution is -2.41. The van der Waals surface area contributed by atoms with Gasteiger partial charge in [0.2, 0.25) is 5.91 Å². The van der Waals surface area contributed by atoms with E-state index in [4.69, 9.17) is 0 Å². The van der Waals surface area contributed by atoms with Crippen molar-refractivity contribution in [2.45, 2.75) is 10.6 Å². The highest BCUT2D eigenvalue weighted by Gasteiger charge is 2.29. The first-order valence-electron chi connectivity index (χ1n) is 8.04. The monoisotopic (exact) mass is 399 g/mol. The summed E-state index contributed by atoms with van der Waals surface area (Å²) in [5.41, 5.74) is -0.149. The fraction of sp³-hybridized carbons (Fsp3) is 0.353. The van der Waals surface area contributed by atoms with Crippen LogP contribution in [0.5, 0.6) is 0 Å². The SMILES string of the molecule is CN(C)CCCNC(=O)CN(c1ccccc1F)S(=O)(=O)c1cccs1. The number of nitrogens with zero attached hydrogens (tertiary/aromatic N) is 2. The quantitative estimate of drug-likeness (QED) is 0.656. The molecule has 2 aromatic rings. The summed E-state index contributed by atoms with van der Waals surface area (Å²) >= 11 is 1.02. The zero-order valence-corrected chi connectivity index (χ0v) is 16.3. The van der Waals surface area contributed by atoms with Gasteiger partial charge in [-0.2, -0.15) is 0 Å². The Kier molecular flexibility index (Phi) is 7.13. The predicted molar refractivity (Wildman–Crippen MR) is 101 cm³/mol. The van der Waals surface area contributed by atoms with Crippen LogP contribution in [-0.4, -0.2) is 53.0 Å². The molecule has 0 aliphatic rings. The number of sulfonamides is 1. The van der Waals surface area contributed by atoms with Crippen LogP contribution in [0, 0.1) is 5.82 Å². The van der Waals surface area contributed by atoms with Crippen LogP contribution in [0.2, 0.25) is 0 Å². The second-order valence-electron chi connectivity index (χ2n) is 5.90. The van der Waals surface area contributed by atoms with Crippen LogP contribution in [0.1, 0.15) is 6.42 Å². The molecule has 1 amide bonds. The van der Waals surface area contributed by atoms with Crippen LogP contribution in [0.25, 0.3) is 0 Å². The minimum Gasteiger partial charge on any atom is -0.354 e. The number of amides is 1. The average Bonchev–Trinajstić information content (AvgIpc) is 3.12. The first kappa shape index (κ1) is 20.3. The minimum absolute atomic E-state index is 0.0566. The Labute approximate surface area is 157 Å². The summed E-state index contributed by atoms with van der Waals surface area (Å²) < 4.78 is 40.9. The highest BCUT2D eigenvalue weighted by Crippen LogP contribution is 2.28. The summed E-state index contributed by atoms with van der Waals surface area (Å²) in [6.45, 7) is 0.731. The van der Waals surface area contributed by atoms with Gasteiger partial charge in [0, 0.05) is 6.54 Å². The smallest absolute Gasteiger partial charge is 0.274 e. The van der Waals surface area contributed by atoms with Crippen LogP contribution in [0.4, 0.5) is 10.1 Å². The van der Waals surface area contributed by atoms with Crippen molar-refractivity contribution in [3.63, 3.8) is 0 Å². The number of carbonyl (C=O) groups is 1. The molecule has 2 rings (SSSR count). The minimum atomic E-state index is -4.03. The van der Waals surface area contributed by atoms with E-state index in [1.807, 2.05) is 19.0 Å². The Morgan fingerprint density at radius 1 is 1.19 bits per heavy atom. The molecule has 1 N–H and O–H groups in total. The van der Waals surface area contributed by atoms with Gasteiger partial charge in [-0.3, -0.25) is 9.10 Å². The largest absolute Gasteiger partial charge is 0.354 e. The standard InChI is InChI=1S/C17H22FN3O3S2/c1-20(2)11-6-10-19-16(22)13-21(15-8-4-3-7-14(15)18)26(23,24)17-9-5-12-25-17/h3-5,7-9,12H,6,10-11,13H2,1-2H3,(H,19,22). The fourth-order valence-electron chi connectivity index (χ4n) is 2.28. The molecule has 0 bridgehead atoms. The maximum absolute atomic E-state index is 14.2. The number of anilines is 1. The van der Waals surface area contributed by atoms with Crippen LogP contribution in [0.3, 0.4) is 0 Å². The van der Waals surface area contributed by atoms with E-state index in [0.717, 1.165) is 28.6 Å². The Bertz CT molecular complexity index is 824. The van der Waals surface area contributed by atoms with E-state index in [1.165, 1.54) is 30.3 Å². The fourth-order valence-corrected chi connectivity index (χ4v) is 4.82. The second kappa shape index (κ2) is 9.11. The number of carbonyl (C=O) groups excluding carboxylic acids is 1. The van der Waals surface area contributed by atoms with Crippen LogP contribution in [0.15, 0.2) is 46.0 Å². The molecule has 0 fully saturated rings. The molecule has 26 heavy (non-hydrogen) atoms. The van der Waals surface area contributed by atoms with Crippen molar-refractivity contribution in [3.8, 4) is 0 Å². The lowest BCUT2D eigenvalue weighted by Gasteiger charge is -2.23. The van der Waals surface area contributed by atoms with Gasteiger partial charge in [-0.1, -0.05) is 18.2 Å². The highest BCUT2D eigenvalue weighted by atomic mass is 32.2. The third-order valence-corrected chi connectivity index (χ3v) is 6.68. The van der Waals surface area contributed by atoms with Crippen molar-refractivity contribution in [1.29, 1.82) is 0 Å². The number of halogens is 1. The Morgan fingerprint density at radius 2 is 1.92 bits per heavy atom. The molecule has 0 aliphatic carbocycles. The third-order valence-electron chi connectivity index (χ3n) is 3.55. The maximum atomic E-state index is 14.2. The summed E-state index contributed by atoms with van der Waals surface area (Å²) in [6.07, 6.45) is 0.732. The predicted octanol–water partition coefficient (Wildman–Crippen LogP) is 2.15. The first-order chi connectivity index (χ1) is 12.3. The summed E-state index contributed by atoms with van der Waals surface area (Å²) in [5.74, 6) is -1.18. The molecule has 0 unspecified atom stereocenters. The van der Waals surface area contributed by atoms with Crippen molar-refractivity contribution >= 4 is 33.0 Å². The van der Waals surface area contributed by atoms with Crippen molar-refractivity contribution in [1.82, 2.24) is 10.2 Å². The van der Waals surface area contributed by atoms with Gasteiger partial charge in [0.1, 0.15) is 16.6 Å². The first-order valence-corrected chi connectivity index (χ1v) is 10.4. The molecule has 0 radical (unpaired) electrons. The van der Waals surface area contributed by atoms with Crippen molar-refractivity contribution in [3.05, 3.63) is 47.6 Å². The molecule has 0 saturated carbocycles. The Hall–Kier alpha value is -1.97. The molecular weight excluding hydrogens is 377 g/mol. The topological polar surface area (TPSA) is 69.7 Å². The van der Waals surface area contributed by atoms with Gasteiger partial charge in [0.25, 0.3) is 10.0 Å². The molecule has 1 heterocycles. The molecule has 1 aromatic heterocycles. The molecular formula is C17H22FN3O3S2. The van der Waals surface area contributed by atoms with Gasteiger partial charge >= 0.3 is 0 Å². The molecule has 6 nitrogen and oxygen atoms in total. The number of hydrogen-bond acceptors (Lipinski definition) is 5. The van der Waals surface area contributed by atoms with Gasteiger partial charge in [0.05, 0.1) is 5.69 Å². The normalized spacial score (nSPS) is 11.5. The summed E-state index contributed by atoms with van der Waals surface area (Å²) in [4.78, 5) is 14.2. The number of benzene rings is 1. The number of thiophene rings is 1. The summed E-state index contributed by atoms with van der Waals surface area (Å²) in [7, 11) is -0.178. The lowest BCUT2D eigenvalue weighted by atomic mass is 10.3. The molecule has 1 aromatic carbocycles. The number of hydrogen-bond donors (Lipinski definition) is 1.